The maximum absolute atomic E-state index is 12.2. The van der Waals surface area contributed by atoms with Crippen LogP contribution in [0.5, 0.6) is 0 Å². The molecule has 3 aromatic rings. The molecule has 0 aliphatic heterocycles. The Balaban J connectivity index is 2.37. The van der Waals surface area contributed by atoms with Crippen molar-refractivity contribution >= 4 is 28.3 Å². The van der Waals surface area contributed by atoms with Crippen LogP contribution in [0.4, 0.5) is 0 Å². The third-order valence-corrected chi connectivity index (χ3v) is 4.64. The van der Waals surface area contributed by atoms with Crippen LogP contribution in [0.3, 0.4) is 0 Å². The van der Waals surface area contributed by atoms with Gasteiger partial charge in [-0.2, -0.15) is 0 Å². The number of aliphatic carboxylic acids is 1. The van der Waals surface area contributed by atoms with E-state index in [1.54, 1.807) is 0 Å². The number of aryl methyl sites for hydroxylation is 1. The lowest BCUT2D eigenvalue weighted by atomic mass is 9.87. The van der Waals surface area contributed by atoms with Crippen molar-refractivity contribution in [1.82, 2.24) is 0 Å². The van der Waals surface area contributed by atoms with E-state index >= 15 is 0 Å². The molecule has 0 aliphatic carbocycles. The van der Waals surface area contributed by atoms with Crippen LogP contribution >= 0.6 is 11.6 Å². The average Bonchev–Trinajstić information content (AvgIpc) is 2.59. The van der Waals surface area contributed by atoms with E-state index in [0.29, 0.717) is 10.6 Å². The molecule has 0 saturated heterocycles. The minimum absolute atomic E-state index is 0.599. The fraction of sp³-hybridized carbons (Fsp3) is 0.261. The van der Waals surface area contributed by atoms with Crippen LogP contribution in [-0.4, -0.2) is 16.7 Å². The molecule has 3 nitrogen and oxygen atoms in total. The molecule has 0 spiro atoms. The summed E-state index contributed by atoms with van der Waals surface area (Å²) in [5, 5.41) is 12.6. The number of ether oxygens (including phenoxy) is 1. The Hall–Kier alpha value is -2.36. The predicted octanol–water partition coefficient (Wildman–Crippen LogP) is 6.41. The van der Waals surface area contributed by atoms with Crippen LogP contribution in [0.2, 0.25) is 5.02 Å². The SMILES string of the molecule is Cc1cc2ccccc2c(-c2ccc(Cl)cc2)c1C(OC(C)(C)C)C(=O)O. The van der Waals surface area contributed by atoms with Gasteiger partial charge < -0.3 is 9.84 Å². The van der Waals surface area contributed by atoms with E-state index in [-0.39, 0.29) is 0 Å². The Morgan fingerprint density at radius 2 is 1.70 bits per heavy atom. The summed E-state index contributed by atoms with van der Waals surface area (Å²) in [5.41, 5.74) is 2.75. The topological polar surface area (TPSA) is 46.5 Å². The fourth-order valence-corrected chi connectivity index (χ4v) is 3.48. The molecule has 1 atom stereocenters. The fourth-order valence-electron chi connectivity index (χ4n) is 3.36. The Morgan fingerprint density at radius 3 is 2.30 bits per heavy atom. The van der Waals surface area contributed by atoms with Crippen molar-refractivity contribution in [3.05, 3.63) is 70.7 Å². The summed E-state index contributed by atoms with van der Waals surface area (Å²) < 4.78 is 5.98. The second kappa shape index (κ2) is 7.34. The molecular formula is C23H23ClO3. The molecule has 1 N–H and O–H groups in total. The van der Waals surface area contributed by atoms with Gasteiger partial charge in [0.25, 0.3) is 0 Å². The number of carboxylic acid groups (broad SMARTS) is 1. The minimum Gasteiger partial charge on any atom is -0.479 e. The minimum atomic E-state index is -1.07. The number of fused-ring (bicyclic) bond motifs is 1. The summed E-state index contributed by atoms with van der Waals surface area (Å²) in [4.78, 5) is 12.2. The Labute approximate surface area is 164 Å². The molecule has 140 valence electrons. The summed E-state index contributed by atoms with van der Waals surface area (Å²) in [5.74, 6) is -1.00. The Kier molecular flexibility index (Phi) is 5.27. The largest absolute Gasteiger partial charge is 0.479 e. The first-order chi connectivity index (χ1) is 12.7. The van der Waals surface area contributed by atoms with Gasteiger partial charge in [-0.05, 0) is 67.3 Å². The zero-order valence-electron chi connectivity index (χ0n) is 15.9. The molecule has 0 bridgehead atoms. The molecule has 0 aliphatic rings. The summed E-state index contributed by atoms with van der Waals surface area (Å²) in [6.45, 7) is 7.52. The van der Waals surface area contributed by atoms with Crippen molar-refractivity contribution in [1.29, 1.82) is 0 Å². The number of carbonyl (C=O) groups is 1. The molecule has 3 rings (SSSR count). The van der Waals surface area contributed by atoms with E-state index in [2.05, 4.69) is 0 Å². The standard InChI is InChI=1S/C23H23ClO3/c1-14-13-16-7-5-6-8-18(16)20(15-9-11-17(24)12-10-15)19(14)21(22(25)26)27-23(2,3)4/h5-13,21H,1-4H3,(H,25,26). The van der Waals surface area contributed by atoms with Crippen molar-refractivity contribution < 1.29 is 14.6 Å². The van der Waals surface area contributed by atoms with Gasteiger partial charge in [0, 0.05) is 10.6 Å². The quantitative estimate of drug-likeness (QED) is 0.567. The number of benzene rings is 3. The first kappa shape index (κ1) is 19.4. The summed E-state index contributed by atoms with van der Waals surface area (Å²) in [7, 11) is 0. The number of halogens is 1. The van der Waals surface area contributed by atoms with E-state index in [9.17, 15) is 9.90 Å². The number of carboxylic acids is 1. The molecule has 27 heavy (non-hydrogen) atoms. The molecule has 0 amide bonds. The van der Waals surface area contributed by atoms with Crippen LogP contribution in [0.25, 0.3) is 21.9 Å². The lowest BCUT2D eigenvalue weighted by Crippen LogP contribution is -2.28. The van der Waals surface area contributed by atoms with Crippen molar-refractivity contribution in [3.8, 4) is 11.1 Å². The van der Waals surface area contributed by atoms with E-state index in [0.717, 1.165) is 27.5 Å². The lowest BCUT2D eigenvalue weighted by Gasteiger charge is -2.28. The van der Waals surface area contributed by atoms with Crippen LogP contribution in [0, 0.1) is 6.92 Å². The summed E-state index contributed by atoms with van der Waals surface area (Å²) >= 11 is 6.07. The zero-order valence-corrected chi connectivity index (χ0v) is 16.7. The summed E-state index contributed by atoms with van der Waals surface area (Å²) in [6, 6.07) is 17.5. The van der Waals surface area contributed by atoms with Crippen LogP contribution < -0.4 is 0 Å². The van der Waals surface area contributed by atoms with Gasteiger partial charge >= 0.3 is 5.97 Å². The van der Waals surface area contributed by atoms with Crippen molar-refractivity contribution in [2.24, 2.45) is 0 Å². The van der Waals surface area contributed by atoms with Gasteiger partial charge in [-0.15, -0.1) is 0 Å². The van der Waals surface area contributed by atoms with Gasteiger partial charge in [0.1, 0.15) is 0 Å². The molecule has 0 heterocycles. The highest BCUT2D eigenvalue weighted by atomic mass is 35.5. The average molecular weight is 383 g/mol. The van der Waals surface area contributed by atoms with Gasteiger partial charge in [-0.3, -0.25) is 0 Å². The maximum Gasteiger partial charge on any atom is 0.337 e. The number of rotatable bonds is 4. The molecule has 1 unspecified atom stereocenters. The smallest absolute Gasteiger partial charge is 0.337 e. The third-order valence-electron chi connectivity index (χ3n) is 4.39. The highest BCUT2D eigenvalue weighted by Gasteiger charge is 2.31. The normalized spacial score (nSPS) is 12.9. The maximum atomic E-state index is 12.2. The van der Waals surface area contributed by atoms with Crippen LogP contribution in [0.15, 0.2) is 54.6 Å². The van der Waals surface area contributed by atoms with E-state index in [4.69, 9.17) is 16.3 Å². The summed E-state index contributed by atoms with van der Waals surface area (Å²) in [6.07, 6.45) is -1.07. The van der Waals surface area contributed by atoms with E-state index in [1.807, 2.05) is 82.3 Å². The lowest BCUT2D eigenvalue weighted by molar-refractivity contribution is -0.160. The highest BCUT2D eigenvalue weighted by molar-refractivity contribution is 6.30. The van der Waals surface area contributed by atoms with Crippen LogP contribution in [0.1, 0.15) is 38.0 Å². The Morgan fingerprint density at radius 1 is 1.07 bits per heavy atom. The predicted molar refractivity (Wildman–Crippen MR) is 110 cm³/mol. The van der Waals surface area contributed by atoms with Crippen LogP contribution in [-0.2, 0) is 9.53 Å². The number of hydrogen-bond donors (Lipinski definition) is 1. The second-order valence-electron chi connectivity index (χ2n) is 7.66. The molecule has 0 fully saturated rings. The second-order valence-corrected chi connectivity index (χ2v) is 8.10. The first-order valence-electron chi connectivity index (χ1n) is 8.86. The first-order valence-corrected chi connectivity index (χ1v) is 9.24. The van der Waals surface area contributed by atoms with E-state index in [1.165, 1.54) is 0 Å². The third kappa shape index (κ3) is 4.15. The zero-order chi connectivity index (χ0) is 19.8. The molecular weight excluding hydrogens is 360 g/mol. The van der Waals surface area contributed by atoms with Gasteiger partial charge in [0.05, 0.1) is 5.60 Å². The molecule has 0 radical (unpaired) electrons. The van der Waals surface area contributed by atoms with Gasteiger partial charge in [0.15, 0.2) is 6.10 Å². The van der Waals surface area contributed by atoms with Crippen molar-refractivity contribution in [2.45, 2.75) is 39.4 Å². The van der Waals surface area contributed by atoms with Gasteiger partial charge in [-0.1, -0.05) is 54.1 Å². The molecule has 3 aromatic carbocycles. The van der Waals surface area contributed by atoms with Crippen molar-refractivity contribution in [3.63, 3.8) is 0 Å². The van der Waals surface area contributed by atoms with Crippen molar-refractivity contribution in [2.75, 3.05) is 0 Å². The number of hydrogen-bond acceptors (Lipinski definition) is 2. The monoisotopic (exact) mass is 382 g/mol. The molecule has 0 aromatic heterocycles. The van der Waals surface area contributed by atoms with E-state index < -0.39 is 17.7 Å². The van der Waals surface area contributed by atoms with Gasteiger partial charge in [0.2, 0.25) is 0 Å². The molecule has 4 heteroatoms. The Bertz CT molecular complexity index is 985. The molecule has 0 saturated carbocycles. The highest BCUT2D eigenvalue weighted by Crippen LogP contribution is 2.40. The van der Waals surface area contributed by atoms with Gasteiger partial charge in [-0.25, -0.2) is 4.79 Å².